The third kappa shape index (κ3) is 12.5. The number of hydrogen-bond donors (Lipinski definition) is 2. The number of carbonyl (C=O) groups is 2. The highest BCUT2D eigenvalue weighted by molar-refractivity contribution is 5.69. The number of hydrogen-bond acceptors (Lipinski definition) is 7. The van der Waals surface area contributed by atoms with Crippen molar-refractivity contribution in [2.45, 2.75) is 133 Å². The molecule has 9 nitrogen and oxygen atoms in total. The number of nitrogens with zero attached hydrogens (tertiary/aromatic N) is 1. The van der Waals surface area contributed by atoms with Crippen LogP contribution in [-0.4, -0.2) is 79.1 Å². The van der Waals surface area contributed by atoms with Crippen LogP contribution in [0.1, 0.15) is 102 Å². The zero-order chi connectivity index (χ0) is 34.0. The molecular formula is C39H60N2O7. The van der Waals surface area contributed by atoms with E-state index in [4.69, 9.17) is 18.9 Å². The van der Waals surface area contributed by atoms with Crippen LogP contribution in [0.3, 0.4) is 0 Å². The predicted octanol–water partition coefficient (Wildman–Crippen LogP) is 7.72. The second-order valence-corrected chi connectivity index (χ2v) is 13.8. The Bertz CT molecular complexity index is 1100. The molecule has 1 aliphatic carbocycles. The minimum absolute atomic E-state index is 0.0123. The van der Waals surface area contributed by atoms with Crippen LogP contribution in [0.25, 0.3) is 0 Å². The lowest BCUT2D eigenvalue weighted by atomic mass is 9.83. The number of carbonyl (C=O) groups excluding carboxylic acids is 2. The maximum Gasteiger partial charge on any atom is 0.410 e. The van der Waals surface area contributed by atoms with Gasteiger partial charge in [-0.2, -0.15) is 0 Å². The first-order chi connectivity index (χ1) is 23.5. The highest BCUT2D eigenvalue weighted by atomic mass is 16.7. The van der Waals surface area contributed by atoms with Crippen LogP contribution >= 0.6 is 0 Å². The first-order valence-electron chi connectivity index (χ1n) is 18.6. The van der Waals surface area contributed by atoms with Gasteiger partial charge >= 0.3 is 12.2 Å². The molecule has 2 heterocycles. The molecule has 0 bridgehead atoms. The first kappa shape index (κ1) is 37.9. The van der Waals surface area contributed by atoms with Crippen LogP contribution in [0.5, 0.6) is 0 Å². The van der Waals surface area contributed by atoms with Gasteiger partial charge in [-0.1, -0.05) is 74.6 Å². The van der Waals surface area contributed by atoms with Crippen LogP contribution in [0, 0.1) is 11.8 Å². The van der Waals surface area contributed by atoms with Crippen LogP contribution in [0.15, 0.2) is 55.6 Å². The molecule has 48 heavy (non-hydrogen) atoms. The number of benzene rings is 1. The van der Waals surface area contributed by atoms with E-state index in [1.54, 1.807) is 4.90 Å². The molecule has 1 aromatic carbocycles. The fraction of sp³-hybridized carbons (Fsp3) is 0.692. The van der Waals surface area contributed by atoms with Gasteiger partial charge in [0.25, 0.3) is 0 Å². The number of aliphatic hydroxyl groups excluding tert-OH is 1. The largest absolute Gasteiger partial charge is 0.446 e. The minimum atomic E-state index is -1.05. The van der Waals surface area contributed by atoms with Gasteiger partial charge in [-0.3, -0.25) is 0 Å². The van der Waals surface area contributed by atoms with Gasteiger partial charge in [0.1, 0.15) is 12.2 Å². The number of ether oxygens (including phenoxy) is 4. The number of aliphatic hydroxyl groups is 1. The van der Waals surface area contributed by atoms with Crippen LogP contribution in [-0.2, 0) is 25.4 Å². The van der Waals surface area contributed by atoms with Gasteiger partial charge in [-0.05, 0) is 82.1 Å². The fourth-order valence-electron chi connectivity index (χ4n) is 7.31. The van der Waals surface area contributed by atoms with Crippen molar-refractivity contribution in [1.82, 2.24) is 10.2 Å². The zero-order valence-corrected chi connectivity index (χ0v) is 29.0. The first-order valence-corrected chi connectivity index (χ1v) is 18.6. The quantitative estimate of drug-likeness (QED) is 0.102. The van der Waals surface area contributed by atoms with Gasteiger partial charge in [0.2, 0.25) is 0 Å². The summed E-state index contributed by atoms with van der Waals surface area (Å²) in [5, 5.41) is 14.6. The van der Waals surface area contributed by atoms with Gasteiger partial charge in [0.15, 0.2) is 6.29 Å². The molecule has 1 saturated carbocycles. The van der Waals surface area contributed by atoms with E-state index >= 15 is 0 Å². The Morgan fingerprint density at radius 2 is 1.69 bits per heavy atom. The third-order valence-electron chi connectivity index (χ3n) is 10.1. The minimum Gasteiger partial charge on any atom is -0.446 e. The summed E-state index contributed by atoms with van der Waals surface area (Å²) in [5.41, 5.74) is 0.959. The maximum atomic E-state index is 13.9. The Kier molecular flexibility index (Phi) is 16.8. The number of amides is 2. The lowest BCUT2D eigenvalue weighted by Gasteiger charge is -2.34. The molecule has 4 rings (SSSR count). The molecule has 2 amide bonds. The Morgan fingerprint density at radius 3 is 2.44 bits per heavy atom. The van der Waals surface area contributed by atoms with Crippen molar-refractivity contribution >= 4 is 12.2 Å². The van der Waals surface area contributed by atoms with Crippen molar-refractivity contribution in [2.24, 2.45) is 11.8 Å². The number of allylic oxidation sites excluding steroid dienone is 2. The molecule has 2 saturated heterocycles. The van der Waals surface area contributed by atoms with Gasteiger partial charge in [0.05, 0.1) is 37.8 Å². The molecule has 0 radical (unpaired) electrons. The van der Waals surface area contributed by atoms with E-state index in [1.807, 2.05) is 42.5 Å². The summed E-state index contributed by atoms with van der Waals surface area (Å²) in [6, 6.07) is 9.03. The molecule has 0 aromatic heterocycles. The van der Waals surface area contributed by atoms with Gasteiger partial charge in [-0.25, -0.2) is 9.59 Å². The second kappa shape index (κ2) is 21.3. The van der Waals surface area contributed by atoms with E-state index in [-0.39, 0.29) is 37.6 Å². The van der Waals surface area contributed by atoms with Crippen molar-refractivity contribution in [1.29, 1.82) is 0 Å². The van der Waals surface area contributed by atoms with Crippen molar-refractivity contribution in [3.05, 3.63) is 61.2 Å². The molecule has 9 heteroatoms. The Balaban J connectivity index is 1.42. The summed E-state index contributed by atoms with van der Waals surface area (Å²) < 4.78 is 23.4. The normalized spacial score (nSPS) is 22.6. The number of rotatable bonds is 21. The Hall–Kier alpha value is -2.88. The molecule has 3 aliphatic rings. The summed E-state index contributed by atoms with van der Waals surface area (Å²) >= 11 is 0. The fourth-order valence-corrected chi connectivity index (χ4v) is 7.31. The molecule has 1 aromatic rings. The Morgan fingerprint density at radius 1 is 0.958 bits per heavy atom. The molecule has 3 fully saturated rings. The van der Waals surface area contributed by atoms with Crippen LogP contribution < -0.4 is 5.32 Å². The average molecular weight is 669 g/mol. The lowest BCUT2D eigenvalue weighted by Crippen LogP contribution is -2.52. The van der Waals surface area contributed by atoms with E-state index in [0.29, 0.717) is 25.5 Å². The van der Waals surface area contributed by atoms with Gasteiger partial charge < -0.3 is 34.3 Å². The summed E-state index contributed by atoms with van der Waals surface area (Å²) in [4.78, 5) is 28.8. The highest BCUT2D eigenvalue weighted by Crippen LogP contribution is 2.33. The number of alkyl carbamates (subject to hydrolysis) is 1. The standard InChI is InChI=1S/C39H60N2O7/c1-3-5-7-9-10-17-23-35(31-21-15-12-16-22-31)48-39(44)41(25-18-8-6-4-2)28-34(42)33(27-30-19-13-11-14-20-30)40-38(43)47-36-29-46-37-32(36)24-26-45-37/h3-4,11,13-14,19-20,31-37,42H,1-2,5-10,12,15-18,21-29H2,(H,40,43)/t32-,33-,34+,35?,36-,37+/m0/s1. The summed E-state index contributed by atoms with van der Waals surface area (Å²) in [6.07, 6.45) is 16.7. The van der Waals surface area contributed by atoms with Gasteiger partial charge in [-0.15, -0.1) is 13.2 Å². The molecule has 2 N–H and O–H groups in total. The highest BCUT2D eigenvalue weighted by Gasteiger charge is 2.44. The van der Waals surface area contributed by atoms with Crippen LogP contribution in [0.2, 0.25) is 0 Å². The smallest absolute Gasteiger partial charge is 0.410 e. The SMILES string of the molecule is C=CCCCCCCC(OC(=O)N(CCCCC=C)C[C@@H](O)[C@H](Cc1ccccc1)NC(=O)O[C@H]1CO[C@H]2OCC[C@H]21)C1CCCCC1. The zero-order valence-electron chi connectivity index (χ0n) is 29.0. The Labute approximate surface area is 288 Å². The molecule has 0 spiro atoms. The monoisotopic (exact) mass is 668 g/mol. The predicted molar refractivity (Wildman–Crippen MR) is 188 cm³/mol. The topological polar surface area (TPSA) is 107 Å². The summed E-state index contributed by atoms with van der Waals surface area (Å²) in [6.45, 7) is 9.02. The number of nitrogens with one attached hydrogen (secondary N) is 1. The molecular weight excluding hydrogens is 608 g/mol. The van der Waals surface area contributed by atoms with Crippen LogP contribution in [0.4, 0.5) is 9.59 Å². The lowest BCUT2D eigenvalue weighted by molar-refractivity contribution is -0.0907. The van der Waals surface area contributed by atoms with E-state index in [2.05, 4.69) is 18.5 Å². The molecule has 6 atom stereocenters. The number of unbranched alkanes of at least 4 members (excludes halogenated alkanes) is 6. The van der Waals surface area contributed by atoms with E-state index in [0.717, 1.165) is 82.6 Å². The molecule has 2 aliphatic heterocycles. The third-order valence-corrected chi connectivity index (χ3v) is 10.1. The molecule has 268 valence electrons. The van der Waals surface area contributed by atoms with Crippen molar-refractivity contribution < 1.29 is 33.6 Å². The average Bonchev–Trinajstić information content (AvgIpc) is 3.73. The maximum absolute atomic E-state index is 13.9. The van der Waals surface area contributed by atoms with Crippen molar-refractivity contribution in [3.63, 3.8) is 0 Å². The summed E-state index contributed by atoms with van der Waals surface area (Å²) in [7, 11) is 0. The second-order valence-electron chi connectivity index (χ2n) is 13.8. The summed E-state index contributed by atoms with van der Waals surface area (Å²) in [5.74, 6) is 0.383. The number of fused-ring (bicyclic) bond motifs is 1. The molecule has 1 unspecified atom stereocenters. The van der Waals surface area contributed by atoms with Crippen molar-refractivity contribution in [3.8, 4) is 0 Å². The van der Waals surface area contributed by atoms with Crippen molar-refractivity contribution in [2.75, 3.05) is 26.3 Å². The van der Waals surface area contributed by atoms with Gasteiger partial charge in [0, 0.05) is 6.54 Å². The van der Waals surface area contributed by atoms with E-state index < -0.39 is 24.3 Å². The van der Waals surface area contributed by atoms with E-state index in [1.165, 1.54) is 19.3 Å². The van der Waals surface area contributed by atoms with E-state index in [9.17, 15) is 14.7 Å².